The molecule has 0 radical (unpaired) electrons. The van der Waals surface area contributed by atoms with E-state index in [1.807, 2.05) is 23.6 Å². The lowest BCUT2D eigenvalue weighted by atomic mass is 10.1. The van der Waals surface area contributed by atoms with Crippen LogP contribution in [-0.2, 0) is 9.53 Å². The monoisotopic (exact) mass is 389 g/mol. The first-order valence-electron chi connectivity index (χ1n) is 8.77. The number of hydrogen-bond donors (Lipinski definition) is 1. The quantitative estimate of drug-likeness (QED) is 0.700. The van der Waals surface area contributed by atoms with Crippen molar-refractivity contribution in [2.45, 2.75) is 0 Å². The molecule has 0 atom stereocenters. The van der Waals surface area contributed by atoms with Crippen LogP contribution in [0.15, 0.2) is 35.7 Å². The molecule has 1 saturated heterocycles. The predicted molar refractivity (Wildman–Crippen MR) is 106 cm³/mol. The summed E-state index contributed by atoms with van der Waals surface area (Å²) < 4.78 is 16.6. The molecule has 2 heterocycles. The van der Waals surface area contributed by atoms with E-state index in [2.05, 4.69) is 4.90 Å². The maximum Gasteiger partial charge on any atom is 0.337 e. The third-order valence-electron chi connectivity index (χ3n) is 4.28. The van der Waals surface area contributed by atoms with E-state index in [0.29, 0.717) is 23.0 Å². The highest BCUT2D eigenvalue weighted by molar-refractivity contribution is 7.11. The van der Waals surface area contributed by atoms with Gasteiger partial charge in [-0.1, -0.05) is 12.1 Å². The number of methoxy groups -OCH3 is 1. The number of aliphatic carboxylic acids is 1. The maximum atomic E-state index is 11.6. The van der Waals surface area contributed by atoms with E-state index < -0.39 is 5.97 Å². The molecule has 1 aromatic carbocycles. The fourth-order valence-electron chi connectivity index (χ4n) is 2.84. The van der Waals surface area contributed by atoms with Gasteiger partial charge in [-0.15, -0.1) is 11.3 Å². The average molecular weight is 389 g/mol. The fourth-order valence-corrected chi connectivity index (χ4v) is 3.57. The summed E-state index contributed by atoms with van der Waals surface area (Å²) in [5, 5.41) is 11.4. The molecule has 3 rings (SSSR count). The van der Waals surface area contributed by atoms with Gasteiger partial charge in [-0.25, -0.2) is 4.79 Å². The molecule has 7 heteroatoms. The number of ether oxygens (including phenoxy) is 3. The molecule has 0 amide bonds. The van der Waals surface area contributed by atoms with E-state index in [9.17, 15) is 9.90 Å². The molecule has 0 saturated carbocycles. The Kier molecular flexibility index (Phi) is 6.86. The summed E-state index contributed by atoms with van der Waals surface area (Å²) in [5.74, 6) is 0.278. The molecule has 0 aliphatic carbocycles. The smallest absolute Gasteiger partial charge is 0.337 e. The predicted octanol–water partition coefficient (Wildman–Crippen LogP) is 3.09. The van der Waals surface area contributed by atoms with Crippen molar-refractivity contribution in [1.29, 1.82) is 0 Å². The summed E-state index contributed by atoms with van der Waals surface area (Å²) in [7, 11) is 1.58. The second kappa shape index (κ2) is 9.55. The van der Waals surface area contributed by atoms with Gasteiger partial charge in [-0.3, -0.25) is 4.90 Å². The van der Waals surface area contributed by atoms with Gasteiger partial charge in [-0.05, 0) is 35.2 Å². The van der Waals surface area contributed by atoms with E-state index >= 15 is 0 Å². The molecule has 1 fully saturated rings. The van der Waals surface area contributed by atoms with E-state index in [4.69, 9.17) is 14.2 Å². The number of carboxylic acid groups (broad SMARTS) is 1. The first kappa shape index (κ1) is 19.4. The zero-order valence-electron chi connectivity index (χ0n) is 15.2. The van der Waals surface area contributed by atoms with Crippen molar-refractivity contribution >= 4 is 29.0 Å². The minimum absolute atomic E-state index is 0.257. The van der Waals surface area contributed by atoms with Gasteiger partial charge in [0.2, 0.25) is 0 Å². The molecule has 0 unspecified atom stereocenters. The number of carboxylic acids is 1. The molecule has 0 spiro atoms. The number of hydrogen-bond acceptors (Lipinski definition) is 6. The molecule has 27 heavy (non-hydrogen) atoms. The molecular weight excluding hydrogens is 366 g/mol. The molecule has 6 nitrogen and oxygen atoms in total. The SMILES string of the molecule is COc1cc(/C=C(\C(=O)O)c2cccs2)ccc1OCCN1CCOCC1. The zero-order valence-corrected chi connectivity index (χ0v) is 16.0. The molecule has 1 aliphatic heterocycles. The number of carbonyl (C=O) groups is 1. The Morgan fingerprint density at radius 2 is 2.11 bits per heavy atom. The number of nitrogens with zero attached hydrogens (tertiary/aromatic N) is 1. The fraction of sp³-hybridized carbons (Fsp3) is 0.350. The van der Waals surface area contributed by atoms with Gasteiger partial charge in [0.25, 0.3) is 0 Å². The molecule has 1 aromatic heterocycles. The van der Waals surface area contributed by atoms with Gasteiger partial charge in [0.15, 0.2) is 11.5 Å². The molecular formula is C20H23NO5S. The van der Waals surface area contributed by atoms with Crippen LogP contribution >= 0.6 is 11.3 Å². The Morgan fingerprint density at radius 1 is 1.30 bits per heavy atom. The number of thiophene rings is 1. The summed E-state index contributed by atoms with van der Waals surface area (Å²) in [6, 6.07) is 9.08. The van der Waals surface area contributed by atoms with Crippen LogP contribution in [0.4, 0.5) is 0 Å². The van der Waals surface area contributed by atoms with Gasteiger partial charge >= 0.3 is 5.97 Å². The topological polar surface area (TPSA) is 68.2 Å². The maximum absolute atomic E-state index is 11.6. The molecule has 1 N–H and O–H groups in total. The summed E-state index contributed by atoms with van der Waals surface area (Å²) in [6.45, 7) is 4.76. The lowest BCUT2D eigenvalue weighted by Crippen LogP contribution is -2.38. The lowest BCUT2D eigenvalue weighted by Gasteiger charge is -2.26. The Hall–Kier alpha value is -2.35. The van der Waals surface area contributed by atoms with Gasteiger partial charge in [0, 0.05) is 24.5 Å². The number of rotatable bonds is 8. The largest absolute Gasteiger partial charge is 0.493 e. The van der Waals surface area contributed by atoms with Gasteiger partial charge in [0.1, 0.15) is 6.61 Å². The van der Waals surface area contributed by atoms with Crippen molar-refractivity contribution in [3.63, 3.8) is 0 Å². The Balaban J connectivity index is 1.69. The molecule has 144 valence electrons. The summed E-state index contributed by atoms with van der Waals surface area (Å²) in [6.07, 6.45) is 1.65. The van der Waals surface area contributed by atoms with E-state index in [1.54, 1.807) is 25.3 Å². The standard InChI is InChI=1S/C20H23NO5S/c1-24-18-14-15(13-16(20(22)23)19-3-2-12-27-19)4-5-17(18)26-11-8-21-6-9-25-10-7-21/h2-5,12-14H,6-11H2,1H3,(H,22,23)/b16-13-. The van der Waals surface area contributed by atoms with Crippen LogP contribution in [0.3, 0.4) is 0 Å². The average Bonchev–Trinajstić information content (AvgIpc) is 3.21. The summed E-state index contributed by atoms with van der Waals surface area (Å²) >= 11 is 1.40. The van der Waals surface area contributed by atoms with Crippen molar-refractivity contribution < 1.29 is 24.1 Å². The van der Waals surface area contributed by atoms with E-state index in [0.717, 1.165) is 38.4 Å². The molecule has 0 bridgehead atoms. The normalized spacial score (nSPS) is 15.5. The Morgan fingerprint density at radius 3 is 2.78 bits per heavy atom. The minimum atomic E-state index is -0.956. The van der Waals surface area contributed by atoms with Gasteiger partial charge in [-0.2, -0.15) is 0 Å². The van der Waals surface area contributed by atoms with Crippen LogP contribution in [0, 0.1) is 0 Å². The lowest BCUT2D eigenvalue weighted by molar-refractivity contribution is -0.130. The van der Waals surface area contributed by atoms with Crippen LogP contribution in [0.1, 0.15) is 10.4 Å². The van der Waals surface area contributed by atoms with E-state index in [-0.39, 0.29) is 5.57 Å². The van der Waals surface area contributed by atoms with E-state index in [1.165, 1.54) is 11.3 Å². The van der Waals surface area contributed by atoms with Crippen molar-refractivity contribution in [2.24, 2.45) is 0 Å². The van der Waals surface area contributed by atoms with Gasteiger partial charge in [0.05, 0.1) is 25.9 Å². The highest BCUT2D eigenvalue weighted by atomic mass is 32.1. The van der Waals surface area contributed by atoms with Crippen LogP contribution < -0.4 is 9.47 Å². The third-order valence-corrected chi connectivity index (χ3v) is 5.19. The van der Waals surface area contributed by atoms with Crippen molar-refractivity contribution in [2.75, 3.05) is 46.6 Å². The first-order chi connectivity index (χ1) is 13.2. The number of benzene rings is 1. The Labute approximate surface area is 162 Å². The van der Waals surface area contributed by atoms with Crippen LogP contribution in [-0.4, -0.2) is 62.5 Å². The van der Waals surface area contributed by atoms with Crippen LogP contribution in [0.25, 0.3) is 11.6 Å². The second-order valence-corrected chi connectivity index (χ2v) is 7.00. The minimum Gasteiger partial charge on any atom is -0.493 e. The van der Waals surface area contributed by atoms with Crippen molar-refractivity contribution in [3.05, 3.63) is 46.2 Å². The number of morpholine rings is 1. The van der Waals surface area contributed by atoms with Crippen molar-refractivity contribution in [1.82, 2.24) is 4.90 Å². The summed E-state index contributed by atoms with van der Waals surface area (Å²) in [5.41, 5.74) is 1.01. The Bertz CT molecular complexity index is 782. The highest BCUT2D eigenvalue weighted by Gasteiger charge is 2.14. The highest BCUT2D eigenvalue weighted by Crippen LogP contribution is 2.30. The molecule has 2 aromatic rings. The molecule has 1 aliphatic rings. The van der Waals surface area contributed by atoms with Crippen LogP contribution in [0.5, 0.6) is 11.5 Å². The third kappa shape index (κ3) is 5.32. The van der Waals surface area contributed by atoms with Gasteiger partial charge < -0.3 is 19.3 Å². The zero-order chi connectivity index (χ0) is 19.1. The van der Waals surface area contributed by atoms with Crippen LogP contribution in [0.2, 0.25) is 0 Å². The van der Waals surface area contributed by atoms with Crippen molar-refractivity contribution in [3.8, 4) is 11.5 Å². The second-order valence-electron chi connectivity index (χ2n) is 6.05. The summed E-state index contributed by atoms with van der Waals surface area (Å²) in [4.78, 5) is 14.6. The first-order valence-corrected chi connectivity index (χ1v) is 9.65.